The first-order valence-electron chi connectivity index (χ1n) is 8.99. The molecule has 1 heterocycles. The smallest absolute Gasteiger partial charge is 0.0985 e. The van der Waals surface area contributed by atoms with Crippen molar-refractivity contribution in [3.8, 4) is 0 Å². The number of halogens is 1. The Morgan fingerprint density at radius 2 is 1.80 bits per heavy atom. The number of anilines is 1. The number of benzene rings is 2. The Morgan fingerprint density at radius 3 is 2.48 bits per heavy atom. The highest BCUT2D eigenvalue weighted by Crippen LogP contribution is 2.23. The van der Waals surface area contributed by atoms with E-state index < -0.39 is 0 Å². The second-order valence-corrected chi connectivity index (χ2v) is 7.21. The first-order chi connectivity index (χ1) is 12.1. The maximum absolute atomic E-state index is 6.15. The van der Waals surface area contributed by atoms with Gasteiger partial charge in [0.2, 0.25) is 0 Å². The third kappa shape index (κ3) is 4.99. The van der Waals surface area contributed by atoms with Gasteiger partial charge >= 0.3 is 0 Å². The molecule has 4 heteroatoms. The summed E-state index contributed by atoms with van der Waals surface area (Å²) < 4.78 is 0. The number of aliphatic imine (C=N–C) groups is 1. The first-order valence-corrected chi connectivity index (χ1v) is 9.37. The lowest BCUT2D eigenvalue weighted by atomic mass is 10.0. The number of nitrogens with two attached hydrogens (primary N) is 1. The van der Waals surface area contributed by atoms with Crippen LogP contribution in [0.5, 0.6) is 0 Å². The van der Waals surface area contributed by atoms with Crippen molar-refractivity contribution in [1.82, 2.24) is 0 Å². The summed E-state index contributed by atoms with van der Waals surface area (Å²) in [5.41, 5.74) is 11.1. The topological polar surface area (TPSA) is 41.6 Å². The molecule has 25 heavy (non-hydrogen) atoms. The summed E-state index contributed by atoms with van der Waals surface area (Å²) >= 11 is 5.90. The molecule has 3 rings (SSSR count). The molecule has 2 aromatic carbocycles. The maximum atomic E-state index is 6.15. The third-order valence-corrected chi connectivity index (χ3v) is 5.05. The fourth-order valence-corrected chi connectivity index (χ4v) is 3.39. The molecule has 3 nitrogen and oxygen atoms in total. The number of nitrogens with zero attached hydrogens (tertiary/aromatic N) is 2. The van der Waals surface area contributed by atoms with Crippen LogP contribution in [0.25, 0.3) is 0 Å². The van der Waals surface area contributed by atoms with Crippen molar-refractivity contribution in [2.24, 2.45) is 10.7 Å². The van der Waals surface area contributed by atoms with Gasteiger partial charge in [-0.2, -0.15) is 0 Å². The van der Waals surface area contributed by atoms with E-state index in [1.54, 1.807) is 0 Å². The molecule has 0 unspecified atom stereocenters. The van der Waals surface area contributed by atoms with E-state index in [0.717, 1.165) is 10.6 Å². The monoisotopic (exact) mass is 355 g/mol. The Morgan fingerprint density at radius 1 is 1.08 bits per heavy atom. The highest BCUT2D eigenvalue weighted by molar-refractivity contribution is 6.30. The van der Waals surface area contributed by atoms with E-state index in [-0.39, 0.29) is 0 Å². The number of hydrogen-bond donors (Lipinski definition) is 1. The summed E-state index contributed by atoms with van der Waals surface area (Å²) in [4.78, 5) is 7.00. The van der Waals surface area contributed by atoms with E-state index in [1.165, 1.54) is 49.2 Å². The van der Waals surface area contributed by atoms with Crippen molar-refractivity contribution in [3.05, 3.63) is 64.2 Å². The lowest BCUT2D eigenvalue weighted by Gasteiger charge is -2.29. The van der Waals surface area contributed by atoms with Gasteiger partial charge in [-0.3, -0.25) is 4.99 Å². The van der Waals surface area contributed by atoms with E-state index in [1.807, 2.05) is 24.3 Å². The maximum Gasteiger partial charge on any atom is 0.0985 e. The lowest BCUT2D eigenvalue weighted by molar-refractivity contribution is 0.578. The summed E-state index contributed by atoms with van der Waals surface area (Å²) in [7, 11) is 0. The number of hydrogen-bond acceptors (Lipinski definition) is 2. The van der Waals surface area contributed by atoms with Gasteiger partial charge in [-0.1, -0.05) is 29.8 Å². The van der Waals surface area contributed by atoms with E-state index in [9.17, 15) is 0 Å². The minimum absolute atomic E-state index is 0.591. The molecule has 0 saturated carbocycles. The van der Waals surface area contributed by atoms with Crippen LogP contribution in [-0.2, 0) is 13.0 Å². The molecular weight excluding hydrogens is 330 g/mol. The second-order valence-electron chi connectivity index (χ2n) is 6.77. The normalized spacial score (nSPS) is 15.4. The van der Waals surface area contributed by atoms with Gasteiger partial charge in [-0.15, -0.1) is 0 Å². The van der Waals surface area contributed by atoms with Gasteiger partial charge < -0.3 is 10.6 Å². The zero-order valence-corrected chi connectivity index (χ0v) is 15.6. The predicted octanol–water partition coefficient (Wildman–Crippen LogP) is 4.74. The zero-order chi connectivity index (χ0) is 17.6. The molecule has 1 fully saturated rings. The molecule has 1 aliphatic rings. The Labute approximate surface area is 155 Å². The van der Waals surface area contributed by atoms with Gasteiger partial charge in [0, 0.05) is 30.2 Å². The van der Waals surface area contributed by atoms with Crippen LogP contribution in [0.4, 0.5) is 5.69 Å². The van der Waals surface area contributed by atoms with Crippen LogP contribution in [-0.4, -0.2) is 18.9 Å². The molecular formula is C21H26ClN3. The molecule has 0 bridgehead atoms. The summed E-state index contributed by atoms with van der Waals surface area (Å²) in [5.74, 6) is 0.670. The highest BCUT2D eigenvalue weighted by atomic mass is 35.5. The van der Waals surface area contributed by atoms with Gasteiger partial charge in [0.15, 0.2) is 0 Å². The third-order valence-electron chi connectivity index (χ3n) is 4.80. The molecule has 0 spiro atoms. The SMILES string of the molecule is Cc1cc(N2CCCCC2)ccc1CC(N)=NCc1ccc(Cl)cc1. The highest BCUT2D eigenvalue weighted by Gasteiger charge is 2.12. The minimum atomic E-state index is 0.591. The van der Waals surface area contributed by atoms with E-state index in [0.29, 0.717) is 18.8 Å². The summed E-state index contributed by atoms with van der Waals surface area (Å²) in [5, 5.41) is 0.741. The van der Waals surface area contributed by atoms with Crippen molar-refractivity contribution in [1.29, 1.82) is 0 Å². The average molecular weight is 356 g/mol. The van der Waals surface area contributed by atoms with Crippen molar-refractivity contribution in [3.63, 3.8) is 0 Å². The summed E-state index contributed by atoms with van der Waals surface area (Å²) in [6, 6.07) is 14.4. The van der Waals surface area contributed by atoms with Crippen molar-refractivity contribution in [2.45, 2.75) is 39.2 Å². The van der Waals surface area contributed by atoms with Crippen molar-refractivity contribution in [2.75, 3.05) is 18.0 Å². The molecule has 132 valence electrons. The second kappa shape index (κ2) is 8.39. The number of rotatable bonds is 5. The standard InChI is InChI=1S/C21H26ClN3/c1-16-13-20(25-11-3-2-4-12-25)10-7-18(16)14-21(23)24-15-17-5-8-19(22)9-6-17/h5-10,13H,2-4,11-12,14-15H2,1H3,(H2,23,24). The van der Waals surface area contributed by atoms with Crippen molar-refractivity contribution < 1.29 is 0 Å². The Hall–Kier alpha value is -2.00. The zero-order valence-electron chi connectivity index (χ0n) is 14.8. The van der Waals surface area contributed by atoms with Gasteiger partial charge in [0.25, 0.3) is 0 Å². The molecule has 1 aliphatic heterocycles. The van der Waals surface area contributed by atoms with Gasteiger partial charge in [-0.25, -0.2) is 0 Å². The van der Waals surface area contributed by atoms with Crippen LogP contribution in [0.2, 0.25) is 5.02 Å². The van der Waals surface area contributed by atoms with E-state index >= 15 is 0 Å². The van der Waals surface area contributed by atoms with E-state index in [4.69, 9.17) is 17.3 Å². The molecule has 0 radical (unpaired) electrons. The van der Waals surface area contributed by atoms with Crippen LogP contribution in [0.15, 0.2) is 47.5 Å². The average Bonchev–Trinajstić information content (AvgIpc) is 2.64. The Balaban J connectivity index is 1.63. The molecule has 0 atom stereocenters. The first kappa shape index (κ1) is 17.8. The van der Waals surface area contributed by atoms with Crippen molar-refractivity contribution >= 4 is 23.1 Å². The van der Waals surface area contributed by atoms with Gasteiger partial charge in [0.1, 0.15) is 0 Å². The summed E-state index contributed by atoms with van der Waals surface area (Å²) in [6.07, 6.45) is 4.64. The number of aryl methyl sites for hydroxylation is 1. The number of piperidine rings is 1. The van der Waals surface area contributed by atoms with Crippen LogP contribution < -0.4 is 10.6 Å². The molecule has 0 aliphatic carbocycles. The van der Waals surface area contributed by atoms with E-state index in [2.05, 4.69) is 35.0 Å². The quantitative estimate of drug-likeness (QED) is 0.621. The molecule has 0 amide bonds. The lowest BCUT2D eigenvalue weighted by Crippen LogP contribution is -2.29. The van der Waals surface area contributed by atoms with Crippen LogP contribution >= 0.6 is 11.6 Å². The largest absolute Gasteiger partial charge is 0.387 e. The molecule has 2 aromatic rings. The molecule has 1 saturated heterocycles. The fourth-order valence-electron chi connectivity index (χ4n) is 3.26. The Kier molecular flexibility index (Phi) is 5.98. The van der Waals surface area contributed by atoms with Gasteiger partial charge in [0.05, 0.1) is 12.4 Å². The predicted molar refractivity (Wildman–Crippen MR) is 108 cm³/mol. The minimum Gasteiger partial charge on any atom is -0.387 e. The summed E-state index contributed by atoms with van der Waals surface area (Å²) in [6.45, 7) is 5.09. The number of amidine groups is 1. The van der Waals surface area contributed by atoms with Crippen LogP contribution in [0.1, 0.15) is 36.0 Å². The molecule has 0 aromatic heterocycles. The van der Waals surface area contributed by atoms with Gasteiger partial charge in [-0.05, 0) is 67.1 Å². The fraction of sp³-hybridized carbons (Fsp3) is 0.381. The Bertz CT molecular complexity index is 731. The molecule has 2 N–H and O–H groups in total. The van der Waals surface area contributed by atoms with Crippen LogP contribution in [0, 0.1) is 6.92 Å². The van der Waals surface area contributed by atoms with Crippen LogP contribution in [0.3, 0.4) is 0 Å².